The molecule has 5 nitrogen and oxygen atoms in total. The first-order chi connectivity index (χ1) is 7.13. The van der Waals surface area contributed by atoms with Gasteiger partial charge in [-0.15, -0.1) is 0 Å². The second-order valence-corrected chi connectivity index (χ2v) is 3.57. The Kier molecular flexibility index (Phi) is 2.50. The Bertz CT molecular complexity index is 488. The van der Waals surface area contributed by atoms with E-state index in [0.717, 1.165) is 5.69 Å². The van der Waals surface area contributed by atoms with Crippen LogP contribution in [0.15, 0.2) is 10.6 Å². The average molecular weight is 227 g/mol. The summed E-state index contributed by atoms with van der Waals surface area (Å²) in [6, 6.07) is 0. The summed E-state index contributed by atoms with van der Waals surface area (Å²) in [5.41, 5.74) is 6.89. The molecule has 0 saturated carbocycles. The van der Waals surface area contributed by atoms with Gasteiger partial charge in [0.15, 0.2) is 5.76 Å². The van der Waals surface area contributed by atoms with Gasteiger partial charge in [0.25, 0.3) is 0 Å². The lowest BCUT2D eigenvalue weighted by Gasteiger charge is -1.90. The highest BCUT2D eigenvalue weighted by atomic mass is 35.5. The van der Waals surface area contributed by atoms with Crippen LogP contribution in [-0.4, -0.2) is 14.8 Å². The van der Waals surface area contributed by atoms with Crippen molar-refractivity contribution >= 4 is 11.6 Å². The fourth-order valence-corrected chi connectivity index (χ4v) is 1.51. The van der Waals surface area contributed by atoms with Crippen LogP contribution in [0.4, 0.5) is 0 Å². The van der Waals surface area contributed by atoms with Crippen molar-refractivity contribution in [3.63, 3.8) is 0 Å². The van der Waals surface area contributed by atoms with E-state index in [1.54, 1.807) is 10.9 Å². The number of hydrogen-bond donors (Lipinski definition) is 1. The normalized spacial score (nSPS) is 10.9. The van der Waals surface area contributed by atoms with Crippen LogP contribution in [0, 0.1) is 6.92 Å². The molecular formula is C9H11ClN4O. The number of halogens is 1. The Morgan fingerprint density at radius 1 is 1.60 bits per heavy atom. The molecule has 0 aromatic carbocycles. The van der Waals surface area contributed by atoms with Crippen molar-refractivity contribution in [2.45, 2.75) is 13.5 Å². The third-order valence-corrected chi connectivity index (χ3v) is 2.68. The number of aryl methyl sites for hydroxylation is 1. The van der Waals surface area contributed by atoms with E-state index >= 15 is 0 Å². The van der Waals surface area contributed by atoms with E-state index < -0.39 is 0 Å². The third kappa shape index (κ3) is 1.64. The van der Waals surface area contributed by atoms with Gasteiger partial charge in [0.1, 0.15) is 5.69 Å². The van der Waals surface area contributed by atoms with Gasteiger partial charge in [-0.05, 0) is 6.92 Å². The van der Waals surface area contributed by atoms with Crippen LogP contribution >= 0.6 is 11.6 Å². The molecule has 2 rings (SSSR count). The van der Waals surface area contributed by atoms with Crippen molar-refractivity contribution in [3.8, 4) is 11.5 Å². The predicted molar refractivity (Wildman–Crippen MR) is 56.3 cm³/mol. The van der Waals surface area contributed by atoms with Gasteiger partial charge in [-0.1, -0.05) is 11.6 Å². The molecule has 0 radical (unpaired) electrons. The molecule has 0 unspecified atom stereocenters. The molecule has 0 atom stereocenters. The van der Waals surface area contributed by atoms with Crippen molar-refractivity contribution in [1.82, 2.24) is 14.8 Å². The van der Waals surface area contributed by atoms with E-state index in [1.807, 2.05) is 14.0 Å². The third-order valence-electron chi connectivity index (χ3n) is 2.22. The summed E-state index contributed by atoms with van der Waals surface area (Å²) in [7, 11) is 1.82. The van der Waals surface area contributed by atoms with Gasteiger partial charge in [-0.2, -0.15) is 5.10 Å². The number of hydrogen-bond acceptors (Lipinski definition) is 4. The number of oxazole rings is 1. The van der Waals surface area contributed by atoms with Gasteiger partial charge >= 0.3 is 0 Å². The van der Waals surface area contributed by atoms with Crippen LogP contribution in [0.1, 0.15) is 11.6 Å². The monoisotopic (exact) mass is 226 g/mol. The second-order valence-electron chi connectivity index (χ2n) is 3.19. The molecule has 6 heteroatoms. The maximum atomic E-state index is 6.10. The summed E-state index contributed by atoms with van der Waals surface area (Å²) in [6.07, 6.45) is 1.58. The number of aromatic nitrogens is 3. The highest BCUT2D eigenvalue weighted by Gasteiger charge is 2.16. The first kappa shape index (κ1) is 10.2. The van der Waals surface area contributed by atoms with Crippen LogP contribution in [0.2, 0.25) is 5.02 Å². The lowest BCUT2D eigenvalue weighted by Crippen LogP contribution is -1.94. The summed E-state index contributed by atoms with van der Waals surface area (Å²) in [4.78, 5) is 3.99. The zero-order valence-electron chi connectivity index (χ0n) is 8.49. The quantitative estimate of drug-likeness (QED) is 0.843. The zero-order valence-corrected chi connectivity index (χ0v) is 9.25. The van der Waals surface area contributed by atoms with Crippen LogP contribution in [0.3, 0.4) is 0 Å². The van der Waals surface area contributed by atoms with Crippen LogP contribution in [-0.2, 0) is 13.6 Å². The lowest BCUT2D eigenvalue weighted by molar-refractivity contribution is 0.507. The smallest absolute Gasteiger partial charge is 0.208 e. The standard InChI is InChI=1S/C9H11ClN4O/c1-5-8(10)9(13-14(5)2)6-4-12-7(3-11)15-6/h4H,3,11H2,1-2H3. The molecule has 2 N–H and O–H groups in total. The first-order valence-corrected chi connectivity index (χ1v) is 4.85. The summed E-state index contributed by atoms with van der Waals surface area (Å²) >= 11 is 6.10. The van der Waals surface area contributed by atoms with Crippen molar-refractivity contribution in [2.75, 3.05) is 0 Å². The molecule has 0 aliphatic heterocycles. The molecule has 0 amide bonds. The fraction of sp³-hybridized carbons (Fsp3) is 0.333. The summed E-state index contributed by atoms with van der Waals surface area (Å²) < 4.78 is 7.07. The molecule has 2 aromatic heterocycles. The Balaban J connectivity index is 2.49. The molecule has 0 aliphatic rings. The lowest BCUT2D eigenvalue weighted by atomic mass is 10.3. The molecule has 15 heavy (non-hydrogen) atoms. The predicted octanol–water partition coefficient (Wildman–Crippen LogP) is 1.50. The topological polar surface area (TPSA) is 69.9 Å². The molecule has 0 aliphatic carbocycles. The second kappa shape index (κ2) is 3.67. The van der Waals surface area contributed by atoms with Crippen molar-refractivity contribution in [3.05, 3.63) is 22.8 Å². The minimum absolute atomic E-state index is 0.267. The van der Waals surface area contributed by atoms with E-state index in [0.29, 0.717) is 22.4 Å². The Morgan fingerprint density at radius 3 is 2.80 bits per heavy atom. The molecule has 0 saturated heterocycles. The van der Waals surface area contributed by atoms with Crippen LogP contribution in [0.5, 0.6) is 0 Å². The van der Waals surface area contributed by atoms with E-state index in [-0.39, 0.29) is 6.54 Å². The van der Waals surface area contributed by atoms with Crippen LogP contribution < -0.4 is 5.73 Å². The summed E-state index contributed by atoms with van der Waals surface area (Å²) in [6.45, 7) is 2.16. The van der Waals surface area contributed by atoms with E-state index in [4.69, 9.17) is 21.8 Å². The molecule has 2 aromatic rings. The zero-order chi connectivity index (χ0) is 11.0. The summed E-state index contributed by atoms with van der Waals surface area (Å²) in [5.74, 6) is 1.02. The van der Waals surface area contributed by atoms with Crippen LogP contribution in [0.25, 0.3) is 11.5 Å². The van der Waals surface area contributed by atoms with Gasteiger partial charge in [0.05, 0.1) is 23.5 Å². The highest BCUT2D eigenvalue weighted by molar-refractivity contribution is 6.33. The van der Waals surface area contributed by atoms with Crippen molar-refractivity contribution in [2.24, 2.45) is 12.8 Å². The SMILES string of the molecule is Cc1c(Cl)c(-c2cnc(CN)o2)nn1C. The number of nitrogens with zero attached hydrogens (tertiary/aromatic N) is 3. The van der Waals surface area contributed by atoms with Gasteiger partial charge in [-0.25, -0.2) is 4.98 Å². The molecule has 2 heterocycles. The Hall–Kier alpha value is -1.33. The average Bonchev–Trinajstić information content (AvgIpc) is 2.79. The maximum Gasteiger partial charge on any atom is 0.208 e. The number of rotatable bonds is 2. The molecule has 80 valence electrons. The van der Waals surface area contributed by atoms with Gasteiger partial charge < -0.3 is 10.2 Å². The molecule has 0 bridgehead atoms. The van der Waals surface area contributed by atoms with Crippen molar-refractivity contribution < 1.29 is 4.42 Å². The van der Waals surface area contributed by atoms with E-state index in [1.165, 1.54) is 0 Å². The Labute approximate surface area is 91.8 Å². The summed E-state index contributed by atoms with van der Waals surface area (Å²) in [5, 5.41) is 4.82. The molecule has 0 fully saturated rings. The van der Waals surface area contributed by atoms with Gasteiger partial charge in [0.2, 0.25) is 5.89 Å². The maximum absolute atomic E-state index is 6.10. The first-order valence-electron chi connectivity index (χ1n) is 4.47. The van der Waals surface area contributed by atoms with E-state index in [2.05, 4.69) is 10.1 Å². The highest BCUT2D eigenvalue weighted by Crippen LogP contribution is 2.29. The molecule has 0 spiro atoms. The Morgan fingerprint density at radius 2 is 2.33 bits per heavy atom. The minimum atomic E-state index is 0.267. The fourth-order valence-electron chi connectivity index (χ4n) is 1.25. The van der Waals surface area contributed by atoms with E-state index in [9.17, 15) is 0 Å². The minimum Gasteiger partial charge on any atom is -0.438 e. The largest absolute Gasteiger partial charge is 0.438 e. The van der Waals surface area contributed by atoms with Gasteiger partial charge in [-0.3, -0.25) is 4.68 Å². The molecular weight excluding hydrogens is 216 g/mol. The van der Waals surface area contributed by atoms with Gasteiger partial charge in [0, 0.05) is 7.05 Å². The van der Waals surface area contributed by atoms with Crippen molar-refractivity contribution in [1.29, 1.82) is 0 Å². The number of nitrogens with two attached hydrogens (primary N) is 1.